The van der Waals surface area contributed by atoms with Crippen LogP contribution in [0.2, 0.25) is 0 Å². The Hall–Kier alpha value is -1.64. The number of rotatable bonds is 3. The maximum absolute atomic E-state index is 4.22. The summed E-state index contributed by atoms with van der Waals surface area (Å²) in [6.07, 6.45) is 8.97. The molecule has 0 bridgehead atoms. The first kappa shape index (κ1) is 8.94. The Balaban J connectivity index is 2.29. The van der Waals surface area contributed by atoms with Crippen molar-refractivity contribution in [2.24, 2.45) is 0 Å². The molecule has 0 aromatic carbocycles. The van der Waals surface area contributed by atoms with E-state index in [1.165, 1.54) is 0 Å². The second kappa shape index (κ2) is 4.05. The Morgan fingerprint density at radius 3 is 3.14 bits per heavy atom. The van der Waals surface area contributed by atoms with E-state index in [9.17, 15) is 0 Å². The molecule has 0 saturated heterocycles. The molecule has 2 rings (SSSR count). The van der Waals surface area contributed by atoms with Crippen LogP contribution in [0.25, 0.3) is 11.2 Å². The maximum Gasteiger partial charge on any atom is 0.177 e. The number of pyridine rings is 1. The van der Waals surface area contributed by atoms with Crippen molar-refractivity contribution in [1.29, 1.82) is 0 Å². The summed E-state index contributed by atoms with van der Waals surface area (Å²) < 4.78 is 2.09. The van der Waals surface area contributed by atoms with Crippen molar-refractivity contribution < 1.29 is 0 Å². The van der Waals surface area contributed by atoms with Crippen LogP contribution in [0.1, 0.15) is 13.3 Å². The van der Waals surface area contributed by atoms with Crippen LogP contribution in [-0.2, 0) is 6.54 Å². The highest BCUT2D eigenvalue weighted by atomic mass is 15.1. The van der Waals surface area contributed by atoms with Gasteiger partial charge in [-0.05, 0) is 18.6 Å². The lowest BCUT2D eigenvalue weighted by Crippen LogP contribution is -1.92. The Kier molecular flexibility index (Phi) is 2.58. The van der Waals surface area contributed by atoms with Gasteiger partial charge in [0.25, 0.3) is 0 Å². The minimum Gasteiger partial charge on any atom is -0.325 e. The fraction of sp³-hybridized carbons (Fsp3) is 0.273. The van der Waals surface area contributed by atoms with Gasteiger partial charge >= 0.3 is 0 Å². The first-order chi connectivity index (χ1) is 6.92. The standard InChI is InChI=1S/C11H13N3/c1-2-3-4-8-14-9-13-11-10(14)6-5-7-12-11/h3-7,9H,2,8H2,1H3/b4-3+. The summed E-state index contributed by atoms with van der Waals surface area (Å²) in [6.45, 7) is 3.00. The molecule has 0 aliphatic heterocycles. The Morgan fingerprint density at radius 2 is 2.29 bits per heavy atom. The van der Waals surface area contributed by atoms with Crippen molar-refractivity contribution >= 4 is 11.2 Å². The normalized spacial score (nSPS) is 11.5. The minimum atomic E-state index is 0.817. The van der Waals surface area contributed by atoms with Gasteiger partial charge in [0, 0.05) is 12.7 Å². The number of allylic oxidation sites excluding steroid dienone is 2. The SMILES string of the molecule is CC/C=C/Cn1cnc2ncccc21. The predicted octanol–water partition coefficient (Wildman–Crippen LogP) is 2.40. The van der Waals surface area contributed by atoms with Gasteiger partial charge in [-0.2, -0.15) is 0 Å². The molecular weight excluding hydrogens is 174 g/mol. The number of nitrogens with zero attached hydrogens (tertiary/aromatic N) is 3. The molecule has 0 amide bonds. The summed E-state index contributed by atoms with van der Waals surface area (Å²) in [4.78, 5) is 8.39. The summed E-state index contributed by atoms with van der Waals surface area (Å²) in [5, 5.41) is 0. The summed E-state index contributed by atoms with van der Waals surface area (Å²) in [5.74, 6) is 0. The van der Waals surface area contributed by atoms with Crippen molar-refractivity contribution in [3.63, 3.8) is 0 Å². The second-order valence-corrected chi connectivity index (χ2v) is 3.12. The average Bonchev–Trinajstić information content (AvgIpc) is 2.63. The summed E-state index contributed by atoms with van der Waals surface area (Å²) >= 11 is 0. The monoisotopic (exact) mass is 187 g/mol. The van der Waals surface area contributed by atoms with Crippen LogP contribution < -0.4 is 0 Å². The number of imidazole rings is 1. The molecule has 0 spiro atoms. The third-order valence-electron chi connectivity index (χ3n) is 2.10. The molecule has 0 saturated carbocycles. The molecule has 14 heavy (non-hydrogen) atoms. The average molecular weight is 187 g/mol. The van der Waals surface area contributed by atoms with E-state index in [0.29, 0.717) is 0 Å². The molecule has 3 heteroatoms. The van der Waals surface area contributed by atoms with Crippen molar-refractivity contribution in [2.45, 2.75) is 19.9 Å². The lowest BCUT2D eigenvalue weighted by molar-refractivity contribution is 0.845. The van der Waals surface area contributed by atoms with Gasteiger partial charge in [-0.1, -0.05) is 19.1 Å². The van der Waals surface area contributed by atoms with Crippen LogP contribution in [0.5, 0.6) is 0 Å². The summed E-state index contributed by atoms with van der Waals surface area (Å²) in [6, 6.07) is 3.97. The van der Waals surface area contributed by atoms with Crippen molar-refractivity contribution in [3.8, 4) is 0 Å². The predicted molar refractivity (Wildman–Crippen MR) is 57.0 cm³/mol. The van der Waals surface area contributed by atoms with E-state index in [1.807, 2.05) is 18.5 Å². The van der Waals surface area contributed by atoms with E-state index >= 15 is 0 Å². The molecule has 0 N–H and O–H groups in total. The third kappa shape index (κ3) is 1.66. The van der Waals surface area contributed by atoms with Crippen molar-refractivity contribution in [2.75, 3.05) is 0 Å². The molecular formula is C11H13N3. The second-order valence-electron chi connectivity index (χ2n) is 3.12. The van der Waals surface area contributed by atoms with E-state index in [1.54, 1.807) is 6.20 Å². The maximum atomic E-state index is 4.22. The van der Waals surface area contributed by atoms with Gasteiger partial charge in [-0.25, -0.2) is 9.97 Å². The Labute approximate surface area is 83.1 Å². The number of hydrogen-bond acceptors (Lipinski definition) is 2. The molecule has 0 fully saturated rings. The largest absolute Gasteiger partial charge is 0.325 e. The molecule has 0 aliphatic carbocycles. The van der Waals surface area contributed by atoms with Gasteiger partial charge in [-0.15, -0.1) is 0 Å². The number of fused-ring (bicyclic) bond motifs is 1. The highest BCUT2D eigenvalue weighted by molar-refractivity contribution is 5.70. The highest BCUT2D eigenvalue weighted by Crippen LogP contribution is 2.08. The molecule has 2 aromatic rings. The third-order valence-corrected chi connectivity index (χ3v) is 2.10. The lowest BCUT2D eigenvalue weighted by atomic mass is 10.4. The van der Waals surface area contributed by atoms with Crippen LogP contribution in [0.15, 0.2) is 36.8 Å². The Bertz CT molecular complexity index is 442. The fourth-order valence-corrected chi connectivity index (χ4v) is 1.40. The van der Waals surface area contributed by atoms with Gasteiger partial charge in [0.15, 0.2) is 5.65 Å². The minimum absolute atomic E-state index is 0.817. The topological polar surface area (TPSA) is 30.7 Å². The van der Waals surface area contributed by atoms with E-state index in [2.05, 4.69) is 33.6 Å². The van der Waals surface area contributed by atoms with Gasteiger partial charge in [0.1, 0.15) is 0 Å². The van der Waals surface area contributed by atoms with E-state index in [0.717, 1.165) is 24.1 Å². The summed E-state index contributed by atoms with van der Waals surface area (Å²) in [7, 11) is 0. The quantitative estimate of drug-likeness (QED) is 0.691. The highest BCUT2D eigenvalue weighted by Gasteiger charge is 1.99. The van der Waals surface area contributed by atoms with Gasteiger partial charge < -0.3 is 4.57 Å². The van der Waals surface area contributed by atoms with Gasteiger partial charge in [0.05, 0.1) is 11.8 Å². The lowest BCUT2D eigenvalue weighted by Gasteiger charge is -1.97. The summed E-state index contributed by atoms with van der Waals surface area (Å²) in [5.41, 5.74) is 1.91. The van der Waals surface area contributed by atoms with E-state index in [-0.39, 0.29) is 0 Å². The molecule has 72 valence electrons. The van der Waals surface area contributed by atoms with Gasteiger partial charge in [-0.3, -0.25) is 0 Å². The number of hydrogen-bond donors (Lipinski definition) is 0. The molecule has 0 unspecified atom stereocenters. The molecule has 2 aromatic heterocycles. The Morgan fingerprint density at radius 1 is 1.36 bits per heavy atom. The van der Waals surface area contributed by atoms with E-state index in [4.69, 9.17) is 0 Å². The molecule has 0 atom stereocenters. The molecule has 3 nitrogen and oxygen atoms in total. The zero-order valence-corrected chi connectivity index (χ0v) is 8.22. The van der Waals surface area contributed by atoms with Crippen molar-refractivity contribution in [1.82, 2.24) is 14.5 Å². The smallest absolute Gasteiger partial charge is 0.177 e. The van der Waals surface area contributed by atoms with Gasteiger partial charge in [0.2, 0.25) is 0 Å². The molecule has 0 aliphatic rings. The fourth-order valence-electron chi connectivity index (χ4n) is 1.40. The first-order valence-corrected chi connectivity index (χ1v) is 4.82. The molecule has 0 radical (unpaired) electrons. The van der Waals surface area contributed by atoms with Crippen LogP contribution in [0.3, 0.4) is 0 Å². The first-order valence-electron chi connectivity index (χ1n) is 4.82. The van der Waals surface area contributed by atoms with Crippen molar-refractivity contribution in [3.05, 3.63) is 36.8 Å². The van der Waals surface area contributed by atoms with Crippen LogP contribution in [-0.4, -0.2) is 14.5 Å². The van der Waals surface area contributed by atoms with E-state index < -0.39 is 0 Å². The zero-order chi connectivity index (χ0) is 9.80. The zero-order valence-electron chi connectivity index (χ0n) is 8.22. The molecule has 2 heterocycles. The van der Waals surface area contributed by atoms with Crippen LogP contribution in [0.4, 0.5) is 0 Å². The number of aromatic nitrogens is 3. The van der Waals surface area contributed by atoms with Crippen LogP contribution in [0, 0.1) is 0 Å². The van der Waals surface area contributed by atoms with Crippen LogP contribution >= 0.6 is 0 Å².